The number of rotatable bonds is 4. The van der Waals surface area contributed by atoms with Crippen LogP contribution in [0.2, 0.25) is 0 Å². The Morgan fingerprint density at radius 3 is 2.70 bits per heavy atom. The number of likely N-dealkylation sites (N-methyl/N-ethyl adjacent to an activating group) is 1. The number of amides is 3. The largest absolute Gasteiger partial charge is 0.472 e. The summed E-state index contributed by atoms with van der Waals surface area (Å²) in [7, 11) is 0. The van der Waals surface area contributed by atoms with E-state index < -0.39 is 0 Å². The van der Waals surface area contributed by atoms with E-state index in [0.717, 1.165) is 17.8 Å². The van der Waals surface area contributed by atoms with Crippen molar-refractivity contribution in [3.8, 4) is 0 Å². The quantitative estimate of drug-likeness (QED) is 0.897. The van der Waals surface area contributed by atoms with Gasteiger partial charge in [-0.05, 0) is 45.9 Å². The van der Waals surface area contributed by atoms with E-state index in [9.17, 15) is 9.59 Å². The topological polar surface area (TPSA) is 70.7 Å². The fraction of sp³-hybridized carbons (Fsp3) is 0.500. The second-order valence-electron chi connectivity index (χ2n) is 7.87. The molecule has 7 nitrogen and oxygen atoms in total. The van der Waals surface area contributed by atoms with E-state index in [1.165, 1.54) is 0 Å². The molecule has 0 aromatic carbocycles. The van der Waals surface area contributed by atoms with Crippen molar-refractivity contribution in [2.45, 2.75) is 45.8 Å². The summed E-state index contributed by atoms with van der Waals surface area (Å²) in [4.78, 5) is 29.0. The van der Waals surface area contributed by atoms with Crippen LogP contribution in [0.1, 0.15) is 45.0 Å². The first-order chi connectivity index (χ1) is 12.8. The minimum absolute atomic E-state index is 0.0491. The summed E-state index contributed by atoms with van der Waals surface area (Å²) in [5, 5.41) is 2.93. The van der Waals surface area contributed by atoms with E-state index in [0.29, 0.717) is 13.1 Å². The van der Waals surface area contributed by atoms with Gasteiger partial charge in [0.2, 0.25) is 5.91 Å². The summed E-state index contributed by atoms with van der Waals surface area (Å²) < 4.78 is 7.42. The van der Waals surface area contributed by atoms with Crippen LogP contribution < -0.4 is 5.32 Å². The molecule has 27 heavy (non-hydrogen) atoms. The Bertz CT molecular complexity index is 789. The van der Waals surface area contributed by atoms with Crippen molar-refractivity contribution in [1.29, 1.82) is 0 Å². The van der Waals surface area contributed by atoms with E-state index in [1.54, 1.807) is 17.4 Å². The number of hydrogen-bond acceptors (Lipinski definition) is 3. The zero-order valence-electron chi connectivity index (χ0n) is 16.4. The van der Waals surface area contributed by atoms with Gasteiger partial charge in [0.1, 0.15) is 12.6 Å². The van der Waals surface area contributed by atoms with Crippen LogP contribution in [-0.2, 0) is 11.3 Å². The van der Waals surface area contributed by atoms with Crippen molar-refractivity contribution >= 4 is 11.9 Å². The summed E-state index contributed by atoms with van der Waals surface area (Å²) >= 11 is 0. The molecule has 1 atom stereocenters. The fourth-order valence-corrected chi connectivity index (χ4v) is 3.41. The number of urea groups is 1. The Balaban J connectivity index is 1.79. The monoisotopic (exact) mass is 372 g/mol. The Labute approximate surface area is 159 Å². The molecule has 7 heteroatoms. The zero-order chi connectivity index (χ0) is 19.6. The van der Waals surface area contributed by atoms with Gasteiger partial charge in [0.15, 0.2) is 0 Å². The average Bonchev–Trinajstić information content (AvgIpc) is 3.27. The van der Waals surface area contributed by atoms with Crippen LogP contribution in [0.3, 0.4) is 0 Å². The first-order valence-electron chi connectivity index (χ1n) is 9.34. The molecule has 3 heterocycles. The van der Waals surface area contributed by atoms with Crippen LogP contribution in [-0.4, -0.2) is 51.5 Å². The van der Waals surface area contributed by atoms with Gasteiger partial charge in [0, 0.05) is 42.6 Å². The molecule has 0 radical (unpaired) electrons. The van der Waals surface area contributed by atoms with Crippen molar-refractivity contribution in [3.05, 3.63) is 48.2 Å². The second-order valence-corrected chi connectivity index (χ2v) is 7.87. The lowest BCUT2D eigenvalue weighted by Gasteiger charge is -2.38. The molecule has 0 aliphatic carbocycles. The minimum Gasteiger partial charge on any atom is -0.472 e. The Kier molecular flexibility index (Phi) is 5.30. The molecule has 1 aliphatic rings. The van der Waals surface area contributed by atoms with Crippen LogP contribution in [0.25, 0.3) is 0 Å². The lowest BCUT2D eigenvalue weighted by Crippen LogP contribution is -2.52. The molecule has 2 aromatic rings. The van der Waals surface area contributed by atoms with Crippen molar-refractivity contribution in [2.75, 3.05) is 19.6 Å². The summed E-state index contributed by atoms with van der Waals surface area (Å²) in [6.45, 7) is 9.50. The van der Waals surface area contributed by atoms with Gasteiger partial charge in [-0.15, -0.1) is 0 Å². The number of hydrogen-bond donors (Lipinski definition) is 1. The summed E-state index contributed by atoms with van der Waals surface area (Å²) in [6.07, 6.45) is 5.33. The summed E-state index contributed by atoms with van der Waals surface area (Å²) in [6, 6.07) is 5.48. The van der Waals surface area contributed by atoms with E-state index in [1.807, 2.05) is 57.0 Å². The molecule has 0 fully saturated rings. The maximum atomic E-state index is 13.1. The molecule has 0 saturated carbocycles. The standard InChI is InChI=1S/C20H28N4O3/c1-5-22(19(26)21-20(2,3)4)13-17(25)24-11-10-23-9-6-7-16(23)18(24)15-8-12-27-14-15/h6-9,12,14,18H,5,10-11,13H2,1-4H3,(H,21,26). The van der Waals surface area contributed by atoms with Gasteiger partial charge in [-0.1, -0.05) is 0 Å². The Morgan fingerprint density at radius 1 is 1.30 bits per heavy atom. The van der Waals surface area contributed by atoms with Crippen LogP contribution >= 0.6 is 0 Å². The zero-order valence-corrected chi connectivity index (χ0v) is 16.4. The van der Waals surface area contributed by atoms with Crippen LogP contribution in [0, 0.1) is 0 Å². The number of nitrogens with one attached hydrogen (secondary N) is 1. The Morgan fingerprint density at radius 2 is 2.07 bits per heavy atom. The normalized spacial score (nSPS) is 16.7. The number of nitrogens with zero attached hydrogens (tertiary/aromatic N) is 3. The van der Waals surface area contributed by atoms with Crippen LogP contribution in [0.15, 0.2) is 41.3 Å². The molecular weight excluding hydrogens is 344 g/mol. The summed E-state index contributed by atoms with van der Waals surface area (Å²) in [5.41, 5.74) is 1.64. The third-order valence-electron chi connectivity index (χ3n) is 4.69. The van der Waals surface area contributed by atoms with E-state index >= 15 is 0 Å². The van der Waals surface area contributed by atoms with Gasteiger partial charge < -0.3 is 24.1 Å². The van der Waals surface area contributed by atoms with E-state index in [4.69, 9.17) is 4.42 Å². The molecule has 2 aromatic heterocycles. The van der Waals surface area contributed by atoms with Crippen molar-refractivity contribution < 1.29 is 14.0 Å². The van der Waals surface area contributed by atoms with Gasteiger partial charge in [-0.2, -0.15) is 0 Å². The lowest BCUT2D eigenvalue weighted by molar-refractivity contribution is -0.134. The molecule has 1 N–H and O–H groups in total. The molecule has 146 valence electrons. The van der Waals surface area contributed by atoms with E-state index in [2.05, 4.69) is 9.88 Å². The van der Waals surface area contributed by atoms with Crippen LogP contribution in [0.5, 0.6) is 0 Å². The molecule has 0 saturated heterocycles. The van der Waals surface area contributed by atoms with Gasteiger partial charge in [0.25, 0.3) is 0 Å². The molecule has 1 unspecified atom stereocenters. The first kappa shape index (κ1) is 19.1. The lowest BCUT2D eigenvalue weighted by atomic mass is 10.0. The maximum absolute atomic E-state index is 13.1. The highest BCUT2D eigenvalue weighted by Crippen LogP contribution is 2.32. The fourth-order valence-electron chi connectivity index (χ4n) is 3.41. The molecule has 3 amide bonds. The SMILES string of the molecule is CCN(CC(=O)N1CCn2cccc2C1c1ccoc1)C(=O)NC(C)(C)C. The molecular formula is C20H28N4O3. The molecule has 1 aliphatic heterocycles. The third kappa shape index (κ3) is 4.18. The maximum Gasteiger partial charge on any atom is 0.318 e. The van der Waals surface area contributed by atoms with E-state index in [-0.39, 0.29) is 30.1 Å². The Hall–Kier alpha value is -2.70. The van der Waals surface area contributed by atoms with Crippen molar-refractivity contribution in [2.24, 2.45) is 0 Å². The van der Waals surface area contributed by atoms with Gasteiger partial charge in [-0.3, -0.25) is 4.79 Å². The number of carbonyl (C=O) groups excluding carboxylic acids is 2. The smallest absolute Gasteiger partial charge is 0.318 e. The van der Waals surface area contributed by atoms with Crippen molar-refractivity contribution in [3.63, 3.8) is 0 Å². The van der Waals surface area contributed by atoms with Crippen molar-refractivity contribution in [1.82, 2.24) is 19.7 Å². The number of fused-ring (bicyclic) bond motifs is 1. The predicted molar refractivity (Wildman–Crippen MR) is 102 cm³/mol. The third-order valence-corrected chi connectivity index (χ3v) is 4.69. The predicted octanol–water partition coefficient (Wildman–Crippen LogP) is 2.84. The molecule has 0 spiro atoms. The number of furan rings is 1. The molecule has 3 rings (SSSR count). The highest BCUT2D eigenvalue weighted by Gasteiger charge is 2.34. The summed E-state index contributed by atoms with van der Waals surface area (Å²) in [5.74, 6) is -0.0699. The van der Waals surface area contributed by atoms with Gasteiger partial charge in [0.05, 0.1) is 12.5 Å². The molecule has 0 bridgehead atoms. The van der Waals surface area contributed by atoms with Crippen LogP contribution in [0.4, 0.5) is 4.79 Å². The highest BCUT2D eigenvalue weighted by atomic mass is 16.3. The highest BCUT2D eigenvalue weighted by molar-refractivity contribution is 5.85. The second kappa shape index (κ2) is 7.50. The minimum atomic E-state index is -0.348. The first-order valence-corrected chi connectivity index (χ1v) is 9.34. The van der Waals surface area contributed by atoms with Gasteiger partial charge >= 0.3 is 6.03 Å². The average molecular weight is 372 g/mol. The number of aromatic nitrogens is 1. The number of carbonyl (C=O) groups is 2. The van der Waals surface area contributed by atoms with Gasteiger partial charge in [-0.25, -0.2) is 4.79 Å².